The number of hydrogen-bond donors (Lipinski definition) is 2. The molecular weight excluding hydrogens is 364 g/mol. The fourth-order valence-corrected chi connectivity index (χ4v) is 3.40. The second-order valence-corrected chi connectivity index (χ2v) is 6.52. The van der Waals surface area contributed by atoms with Crippen LogP contribution in [-0.2, 0) is 19.0 Å². The lowest BCUT2D eigenvalue weighted by atomic mass is 9.71. The maximum Gasteiger partial charge on any atom is 0.343 e. The molecule has 150 valence electrons. The second-order valence-electron chi connectivity index (χ2n) is 6.52. The van der Waals surface area contributed by atoms with Crippen molar-refractivity contribution in [2.24, 2.45) is 5.41 Å². The van der Waals surface area contributed by atoms with E-state index in [1.165, 1.54) is 39.5 Å². The van der Waals surface area contributed by atoms with Crippen LogP contribution < -0.4 is 0 Å². The minimum absolute atomic E-state index is 0.0969. The smallest absolute Gasteiger partial charge is 0.343 e. The zero-order chi connectivity index (χ0) is 21.1. The molecule has 1 aromatic carbocycles. The highest BCUT2D eigenvalue weighted by Gasteiger charge is 2.47. The predicted octanol–water partition coefficient (Wildman–Crippen LogP) is 3.07. The van der Waals surface area contributed by atoms with E-state index < -0.39 is 23.3 Å². The monoisotopic (exact) mass is 388 g/mol. The predicted molar refractivity (Wildman–Crippen MR) is 102 cm³/mol. The Morgan fingerprint density at radius 1 is 1.14 bits per heavy atom. The lowest BCUT2D eigenvalue weighted by Gasteiger charge is -2.40. The van der Waals surface area contributed by atoms with E-state index in [2.05, 4.69) is 0 Å². The molecule has 1 aliphatic carbocycles. The first-order valence-corrected chi connectivity index (χ1v) is 8.54. The van der Waals surface area contributed by atoms with Crippen molar-refractivity contribution in [3.63, 3.8) is 0 Å². The van der Waals surface area contributed by atoms with Crippen LogP contribution in [0, 0.1) is 5.41 Å². The van der Waals surface area contributed by atoms with Gasteiger partial charge in [-0.1, -0.05) is 18.2 Å². The van der Waals surface area contributed by atoms with Gasteiger partial charge in [-0.25, -0.2) is 4.79 Å². The van der Waals surface area contributed by atoms with Crippen molar-refractivity contribution in [2.75, 3.05) is 21.3 Å². The van der Waals surface area contributed by atoms with Gasteiger partial charge < -0.3 is 24.4 Å². The number of benzene rings is 1. The maximum atomic E-state index is 12.6. The zero-order valence-electron chi connectivity index (χ0n) is 16.5. The Hall–Kier alpha value is -3.06. The van der Waals surface area contributed by atoms with Crippen LogP contribution in [0.4, 0.5) is 0 Å². The minimum Gasteiger partial charge on any atom is -0.507 e. The number of ether oxygens (including phenoxy) is 3. The molecule has 0 saturated heterocycles. The van der Waals surface area contributed by atoms with Crippen LogP contribution in [0.1, 0.15) is 24.2 Å². The topological polar surface area (TPSA) is 102 Å². The van der Waals surface area contributed by atoms with Crippen LogP contribution in [0.5, 0.6) is 5.75 Å². The van der Waals surface area contributed by atoms with E-state index >= 15 is 0 Å². The third-order valence-electron chi connectivity index (χ3n) is 5.03. The summed E-state index contributed by atoms with van der Waals surface area (Å²) in [5.74, 6) is -1.47. The molecule has 0 radical (unpaired) electrons. The Morgan fingerprint density at radius 3 is 2.29 bits per heavy atom. The van der Waals surface area contributed by atoms with E-state index in [0.29, 0.717) is 5.57 Å². The van der Waals surface area contributed by atoms with Gasteiger partial charge in [0.2, 0.25) is 0 Å². The number of phenolic OH excluding ortho intramolecular Hbond substituents is 1. The molecule has 0 fully saturated rings. The molecule has 28 heavy (non-hydrogen) atoms. The molecule has 0 bridgehead atoms. The van der Waals surface area contributed by atoms with Crippen LogP contribution in [0.3, 0.4) is 0 Å². The zero-order valence-corrected chi connectivity index (χ0v) is 16.5. The molecule has 7 nitrogen and oxygen atoms in total. The highest BCUT2D eigenvalue weighted by atomic mass is 16.5. The molecule has 7 heteroatoms. The second kappa shape index (κ2) is 8.31. The van der Waals surface area contributed by atoms with E-state index in [0.717, 1.165) is 0 Å². The first kappa shape index (κ1) is 21.2. The molecule has 0 amide bonds. The summed E-state index contributed by atoms with van der Waals surface area (Å²) in [7, 11) is 4.17. The molecule has 0 aliphatic heterocycles. The molecule has 0 spiro atoms. The molecule has 2 atom stereocenters. The van der Waals surface area contributed by atoms with E-state index in [-0.39, 0.29) is 28.4 Å². The van der Waals surface area contributed by atoms with E-state index in [4.69, 9.17) is 14.2 Å². The molecule has 2 rings (SSSR count). The van der Waals surface area contributed by atoms with E-state index in [1.54, 1.807) is 32.1 Å². The molecule has 2 N–H and O–H groups in total. The third-order valence-corrected chi connectivity index (χ3v) is 5.03. The summed E-state index contributed by atoms with van der Waals surface area (Å²) >= 11 is 0. The standard InChI is InChI=1S/C21H24O7/c1-12-17(26-3)16(20(24)25)18(27-4)19(28-5)21(12,2)11-10-15(23)13-8-6-7-9-14(13)22/h6-11,19,22H,1-5H3,(H,24,25). The van der Waals surface area contributed by atoms with Crippen molar-refractivity contribution < 1.29 is 34.0 Å². The Bertz CT molecular complexity index is 878. The van der Waals surface area contributed by atoms with Gasteiger partial charge in [0.05, 0.1) is 19.8 Å². The molecule has 1 aliphatic rings. The number of allylic oxidation sites excluding steroid dienone is 1. The van der Waals surface area contributed by atoms with Crippen LogP contribution in [-0.4, -0.2) is 49.4 Å². The van der Waals surface area contributed by atoms with Crippen molar-refractivity contribution >= 4 is 11.8 Å². The number of carboxylic acid groups (broad SMARTS) is 1. The molecule has 0 heterocycles. The van der Waals surface area contributed by atoms with Gasteiger partial charge in [0.25, 0.3) is 0 Å². The van der Waals surface area contributed by atoms with Crippen molar-refractivity contribution in [1.82, 2.24) is 0 Å². The Morgan fingerprint density at radius 2 is 1.79 bits per heavy atom. The summed E-state index contributed by atoms with van der Waals surface area (Å²) in [5, 5.41) is 19.5. The minimum atomic E-state index is -1.20. The van der Waals surface area contributed by atoms with Gasteiger partial charge in [-0.2, -0.15) is 0 Å². The lowest BCUT2D eigenvalue weighted by molar-refractivity contribution is -0.133. The number of aliphatic carboxylic acids is 1. The molecule has 1 aromatic rings. The third kappa shape index (κ3) is 3.53. The lowest BCUT2D eigenvalue weighted by Crippen LogP contribution is -2.41. The normalized spacial score (nSPS) is 22.5. The molecule has 2 unspecified atom stereocenters. The number of ketones is 1. The largest absolute Gasteiger partial charge is 0.507 e. The quantitative estimate of drug-likeness (QED) is 0.547. The molecule has 0 saturated carbocycles. The summed E-state index contributed by atoms with van der Waals surface area (Å²) < 4.78 is 16.3. The van der Waals surface area contributed by atoms with Crippen LogP contribution >= 0.6 is 0 Å². The van der Waals surface area contributed by atoms with Gasteiger partial charge in [-0.15, -0.1) is 0 Å². The first-order valence-electron chi connectivity index (χ1n) is 8.54. The number of carboxylic acids is 1. The number of phenols is 1. The van der Waals surface area contributed by atoms with E-state index in [9.17, 15) is 19.8 Å². The van der Waals surface area contributed by atoms with Gasteiger partial charge in [-0.3, -0.25) is 4.79 Å². The first-order chi connectivity index (χ1) is 13.2. The SMILES string of the molecule is COC1=C(C)C(C)(C=CC(=O)c2ccccc2O)C(OC)C(OC)=C1C(=O)O. The van der Waals surface area contributed by atoms with Gasteiger partial charge in [0.1, 0.15) is 28.9 Å². The Labute approximate surface area is 163 Å². The fourth-order valence-electron chi connectivity index (χ4n) is 3.40. The average Bonchev–Trinajstić information content (AvgIpc) is 2.67. The number of carbonyl (C=O) groups excluding carboxylic acids is 1. The van der Waals surface area contributed by atoms with Crippen LogP contribution in [0.2, 0.25) is 0 Å². The van der Waals surface area contributed by atoms with Crippen molar-refractivity contribution in [2.45, 2.75) is 20.0 Å². The van der Waals surface area contributed by atoms with Gasteiger partial charge >= 0.3 is 5.97 Å². The van der Waals surface area contributed by atoms with Crippen molar-refractivity contribution in [3.05, 3.63) is 64.6 Å². The summed E-state index contributed by atoms with van der Waals surface area (Å²) in [5.41, 5.74) is -0.312. The summed E-state index contributed by atoms with van der Waals surface area (Å²) in [6, 6.07) is 6.23. The summed E-state index contributed by atoms with van der Waals surface area (Å²) in [4.78, 5) is 24.3. The van der Waals surface area contributed by atoms with Gasteiger partial charge in [0.15, 0.2) is 5.78 Å². The number of para-hydroxylation sites is 1. The number of aromatic hydroxyl groups is 1. The number of carbonyl (C=O) groups is 2. The van der Waals surface area contributed by atoms with Gasteiger partial charge in [0, 0.05) is 12.5 Å². The highest BCUT2D eigenvalue weighted by molar-refractivity contribution is 6.06. The van der Waals surface area contributed by atoms with Crippen LogP contribution in [0.15, 0.2) is 59.1 Å². The molecular formula is C21H24O7. The maximum absolute atomic E-state index is 12.6. The van der Waals surface area contributed by atoms with E-state index in [1.807, 2.05) is 0 Å². The fraction of sp³-hybridized carbons (Fsp3) is 0.333. The van der Waals surface area contributed by atoms with Crippen LogP contribution in [0.25, 0.3) is 0 Å². The average molecular weight is 388 g/mol. The molecule has 0 aromatic heterocycles. The number of methoxy groups -OCH3 is 3. The Balaban J connectivity index is 2.58. The number of hydrogen-bond acceptors (Lipinski definition) is 6. The van der Waals surface area contributed by atoms with Crippen molar-refractivity contribution in [1.29, 1.82) is 0 Å². The summed E-state index contributed by atoms with van der Waals surface area (Å²) in [6.07, 6.45) is 2.15. The van der Waals surface area contributed by atoms with Gasteiger partial charge in [-0.05, 0) is 37.6 Å². The highest BCUT2D eigenvalue weighted by Crippen LogP contribution is 2.46. The Kier molecular flexibility index (Phi) is 6.30. The summed E-state index contributed by atoms with van der Waals surface area (Å²) in [6.45, 7) is 3.51. The van der Waals surface area contributed by atoms with Crippen molar-refractivity contribution in [3.8, 4) is 5.75 Å². The number of rotatable bonds is 7.